The summed E-state index contributed by atoms with van der Waals surface area (Å²) in [7, 11) is -2.12. The second-order valence-corrected chi connectivity index (χ2v) is 5.76. The van der Waals surface area contributed by atoms with Crippen LogP contribution in [0.25, 0.3) is 0 Å². The molecule has 0 unspecified atom stereocenters. The molecule has 19 heavy (non-hydrogen) atoms. The van der Waals surface area contributed by atoms with Crippen molar-refractivity contribution < 1.29 is 12.4 Å². The van der Waals surface area contributed by atoms with E-state index in [1.165, 1.54) is 42.5 Å². The highest BCUT2D eigenvalue weighted by atomic mass is 32.2. The van der Waals surface area contributed by atoms with Gasteiger partial charge in [0.2, 0.25) is 12.9 Å². The third kappa shape index (κ3) is 9.70. The average Bonchev–Trinajstić information content (AvgIpc) is 2.83. The second kappa shape index (κ2) is 12.2. The van der Waals surface area contributed by atoms with Crippen molar-refractivity contribution in [1.29, 1.82) is 0 Å². The van der Waals surface area contributed by atoms with Gasteiger partial charge in [0.05, 0.1) is 6.20 Å². The smallest absolute Gasteiger partial charge is 0.316 e. The van der Waals surface area contributed by atoms with Crippen LogP contribution in [0, 0.1) is 0 Å². The monoisotopic (exact) mass is 289 g/mol. The predicted octanol–water partition coefficient (Wildman–Crippen LogP) is 3.58. The van der Waals surface area contributed by atoms with E-state index in [2.05, 4.69) is 20.8 Å². The molecule has 0 amide bonds. The summed E-state index contributed by atoms with van der Waals surface area (Å²) in [6, 6.07) is 0. The summed E-state index contributed by atoms with van der Waals surface area (Å²) < 4.78 is 22.6. The summed E-state index contributed by atoms with van der Waals surface area (Å²) >= 11 is 0. The molecular formula is C14H29N2O2S+. The van der Waals surface area contributed by atoms with Crippen molar-refractivity contribution >= 4 is 10.5 Å². The third-order valence-electron chi connectivity index (χ3n) is 2.76. The lowest BCUT2D eigenvalue weighted by Gasteiger charge is -2.09. The first kappa shape index (κ1) is 18.2. The van der Waals surface area contributed by atoms with Gasteiger partial charge in [0, 0.05) is 6.54 Å². The molecule has 0 fully saturated rings. The van der Waals surface area contributed by atoms with Gasteiger partial charge >= 0.3 is 10.5 Å². The normalized spacial score (nSPS) is 13.4. The number of rotatable bonds is 7. The molecule has 1 heterocycles. The first-order valence-electron chi connectivity index (χ1n) is 7.44. The van der Waals surface area contributed by atoms with E-state index >= 15 is 0 Å². The van der Waals surface area contributed by atoms with E-state index in [0.717, 1.165) is 13.0 Å². The van der Waals surface area contributed by atoms with Crippen molar-refractivity contribution in [1.82, 2.24) is 4.90 Å². The van der Waals surface area contributed by atoms with Gasteiger partial charge in [-0.15, -0.1) is 8.42 Å². The van der Waals surface area contributed by atoms with Gasteiger partial charge in [0.1, 0.15) is 0 Å². The van der Waals surface area contributed by atoms with Crippen LogP contribution in [-0.2, 0) is 10.5 Å². The SMILES string of the molecule is CCC.CCCCCCCCN1C=C[N+](=S(=O)=O)C1. The second-order valence-electron chi connectivity index (χ2n) is 4.86. The average molecular weight is 289 g/mol. The van der Waals surface area contributed by atoms with Gasteiger partial charge in [-0.2, -0.15) is 0 Å². The van der Waals surface area contributed by atoms with Gasteiger partial charge in [0.25, 0.3) is 0 Å². The molecule has 0 aliphatic carbocycles. The zero-order valence-electron chi connectivity index (χ0n) is 12.6. The van der Waals surface area contributed by atoms with Crippen molar-refractivity contribution in [2.75, 3.05) is 13.2 Å². The summed E-state index contributed by atoms with van der Waals surface area (Å²) in [4.78, 5) is 2.04. The molecule has 0 aromatic heterocycles. The standard InChI is InChI=1S/C11H21N2O2S.C3H8/c1-2-3-4-5-6-7-8-12-9-10-13(11-12)16(14)15;1-3-2/h9-10H,2-8,11H2,1H3;3H2,1-2H3/q+1;. The Kier molecular flexibility index (Phi) is 11.7. The van der Waals surface area contributed by atoms with Crippen LogP contribution in [0.4, 0.5) is 0 Å². The Hall–Kier alpha value is -0.840. The van der Waals surface area contributed by atoms with E-state index in [4.69, 9.17) is 0 Å². The lowest BCUT2D eigenvalue weighted by molar-refractivity contribution is -0.438. The molecule has 0 bridgehead atoms. The van der Waals surface area contributed by atoms with Crippen molar-refractivity contribution in [2.45, 2.75) is 65.7 Å². The minimum atomic E-state index is -2.12. The summed E-state index contributed by atoms with van der Waals surface area (Å²) in [5.41, 5.74) is 0. The van der Waals surface area contributed by atoms with Gasteiger partial charge in [-0.05, 0) is 6.42 Å². The van der Waals surface area contributed by atoms with E-state index in [1.54, 1.807) is 6.20 Å². The van der Waals surface area contributed by atoms with Gasteiger partial charge in [-0.25, -0.2) is 0 Å². The minimum Gasteiger partial charge on any atom is -0.316 e. The van der Waals surface area contributed by atoms with Crippen LogP contribution in [0.2, 0.25) is 0 Å². The molecule has 0 spiro atoms. The fourth-order valence-corrected chi connectivity index (χ4v) is 2.18. The van der Waals surface area contributed by atoms with Gasteiger partial charge in [-0.1, -0.05) is 63.2 Å². The zero-order chi connectivity index (χ0) is 14.5. The Morgan fingerprint density at radius 2 is 1.63 bits per heavy atom. The Balaban J connectivity index is 0.000000982. The summed E-state index contributed by atoms with van der Waals surface area (Å²) in [5, 5.41) is 0. The van der Waals surface area contributed by atoms with Crippen LogP contribution in [0.3, 0.4) is 0 Å². The van der Waals surface area contributed by atoms with E-state index in [9.17, 15) is 8.42 Å². The van der Waals surface area contributed by atoms with Crippen molar-refractivity contribution in [2.24, 2.45) is 0 Å². The largest absolute Gasteiger partial charge is 0.466 e. The van der Waals surface area contributed by atoms with Gasteiger partial charge in [-0.3, -0.25) is 0 Å². The van der Waals surface area contributed by atoms with Crippen LogP contribution in [0.1, 0.15) is 65.7 Å². The maximum Gasteiger partial charge on any atom is 0.466 e. The topological polar surface area (TPSA) is 40.4 Å². The number of hydrogen-bond acceptors (Lipinski definition) is 3. The molecule has 0 atom stereocenters. The first-order valence-corrected chi connectivity index (χ1v) is 8.47. The molecule has 0 saturated carbocycles. The summed E-state index contributed by atoms with van der Waals surface area (Å²) in [6.07, 6.45) is 12.3. The Morgan fingerprint density at radius 1 is 1.05 bits per heavy atom. The molecule has 4 nitrogen and oxygen atoms in total. The lowest BCUT2D eigenvalue weighted by Crippen LogP contribution is -2.20. The maximum absolute atomic E-state index is 10.6. The molecule has 112 valence electrons. The molecule has 1 rings (SSSR count). The molecule has 1 aliphatic heterocycles. The fraction of sp³-hybridized carbons (Fsp3) is 0.857. The molecule has 0 aromatic carbocycles. The highest BCUT2D eigenvalue weighted by molar-refractivity contribution is 7.59. The maximum atomic E-state index is 10.6. The molecule has 0 N–H and O–H groups in total. The molecule has 5 heteroatoms. The van der Waals surface area contributed by atoms with Crippen molar-refractivity contribution in [3.05, 3.63) is 12.4 Å². The number of nitrogens with zero attached hydrogens (tertiary/aromatic N) is 2. The quantitative estimate of drug-likeness (QED) is 0.531. The summed E-state index contributed by atoms with van der Waals surface area (Å²) in [6.45, 7) is 7.90. The van der Waals surface area contributed by atoms with Gasteiger partial charge < -0.3 is 4.90 Å². The van der Waals surface area contributed by atoms with Gasteiger partial charge in [0.15, 0.2) is 0 Å². The summed E-state index contributed by atoms with van der Waals surface area (Å²) in [5.74, 6) is 0. The van der Waals surface area contributed by atoms with Crippen molar-refractivity contribution in [3.8, 4) is 0 Å². The van der Waals surface area contributed by atoms with Crippen LogP contribution in [-0.4, -0.2) is 30.5 Å². The Labute approximate surface area is 119 Å². The lowest BCUT2D eigenvalue weighted by atomic mass is 10.1. The Morgan fingerprint density at radius 3 is 2.16 bits per heavy atom. The minimum absolute atomic E-state index is 0.477. The Bertz CT molecular complexity index is 367. The number of unbranched alkanes of at least 4 members (excludes halogenated alkanes) is 5. The van der Waals surface area contributed by atoms with Crippen molar-refractivity contribution in [3.63, 3.8) is 0 Å². The van der Waals surface area contributed by atoms with Crippen LogP contribution in [0.15, 0.2) is 12.4 Å². The van der Waals surface area contributed by atoms with E-state index in [1.807, 2.05) is 11.1 Å². The van der Waals surface area contributed by atoms with Crippen LogP contribution in [0.5, 0.6) is 0 Å². The third-order valence-corrected chi connectivity index (χ3v) is 3.38. The van der Waals surface area contributed by atoms with Crippen LogP contribution >= 0.6 is 0 Å². The van der Waals surface area contributed by atoms with E-state index in [0.29, 0.717) is 6.67 Å². The van der Waals surface area contributed by atoms with E-state index < -0.39 is 10.5 Å². The molecule has 0 aromatic rings. The molecular weight excluding hydrogens is 260 g/mol. The zero-order valence-corrected chi connectivity index (χ0v) is 13.5. The highest BCUT2D eigenvalue weighted by Crippen LogP contribution is 2.08. The number of hydrogen-bond donors (Lipinski definition) is 0. The van der Waals surface area contributed by atoms with E-state index in [-0.39, 0.29) is 0 Å². The molecule has 1 aliphatic rings. The molecule has 0 saturated heterocycles. The predicted molar refractivity (Wildman–Crippen MR) is 79.2 cm³/mol. The molecule has 0 radical (unpaired) electrons. The fourth-order valence-electron chi connectivity index (χ4n) is 1.78. The van der Waals surface area contributed by atoms with Crippen LogP contribution < -0.4 is 0 Å². The highest BCUT2D eigenvalue weighted by Gasteiger charge is 2.16. The first-order chi connectivity index (χ1) is 9.15.